The van der Waals surface area contributed by atoms with E-state index in [1.807, 2.05) is 6.07 Å². The fourth-order valence-electron chi connectivity index (χ4n) is 2.59. The van der Waals surface area contributed by atoms with Crippen LogP contribution in [-0.4, -0.2) is 18.0 Å². The smallest absolute Gasteiger partial charge is 0.269 e. The van der Waals surface area contributed by atoms with Gasteiger partial charge in [0.05, 0.1) is 4.92 Å². The molecule has 0 atom stereocenters. The Morgan fingerprint density at radius 1 is 1.16 bits per heavy atom. The van der Waals surface area contributed by atoms with E-state index in [2.05, 4.69) is 20.8 Å². The fourth-order valence-corrected chi connectivity index (χ4v) is 3.04. The van der Waals surface area contributed by atoms with Gasteiger partial charge in [0.1, 0.15) is 0 Å². The fraction of sp³-hybridized carbons (Fsp3) is 0.571. The lowest BCUT2D eigenvalue weighted by Gasteiger charge is -2.28. The van der Waals surface area contributed by atoms with Crippen molar-refractivity contribution in [2.45, 2.75) is 37.4 Å². The SMILES string of the molecule is O=[N+]([O-])c1ccc(N2CCCCCCC2)c(CBr)c1. The van der Waals surface area contributed by atoms with Gasteiger partial charge < -0.3 is 4.90 Å². The van der Waals surface area contributed by atoms with Gasteiger partial charge in [0.25, 0.3) is 5.69 Å². The van der Waals surface area contributed by atoms with Crippen LogP contribution < -0.4 is 4.90 Å². The van der Waals surface area contributed by atoms with Crippen LogP contribution in [0.5, 0.6) is 0 Å². The van der Waals surface area contributed by atoms with Gasteiger partial charge in [0.2, 0.25) is 0 Å². The second kappa shape index (κ2) is 6.89. The monoisotopic (exact) mass is 326 g/mol. The Balaban J connectivity index is 2.24. The summed E-state index contributed by atoms with van der Waals surface area (Å²) >= 11 is 3.44. The van der Waals surface area contributed by atoms with Crippen LogP contribution in [-0.2, 0) is 5.33 Å². The lowest BCUT2D eigenvalue weighted by Crippen LogP contribution is -2.27. The molecule has 1 aliphatic rings. The topological polar surface area (TPSA) is 46.4 Å². The third-order valence-corrected chi connectivity index (χ3v) is 4.22. The Hall–Kier alpha value is -1.10. The third-order valence-electron chi connectivity index (χ3n) is 3.61. The molecule has 0 saturated carbocycles. The molecule has 0 bridgehead atoms. The highest BCUT2D eigenvalue weighted by molar-refractivity contribution is 9.08. The lowest BCUT2D eigenvalue weighted by atomic mass is 10.1. The highest BCUT2D eigenvalue weighted by Crippen LogP contribution is 2.28. The molecule has 0 amide bonds. The molecular formula is C14H19BrN2O2. The number of hydrogen-bond donors (Lipinski definition) is 0. The number of hydrogen-bond acceptors (Lipinski definition) is 3. The first-order valence-electron chi connectivity index (χ1n) is 6.80. The Labute approximate surface area is 122 Å². The van der Waals surface area contributed by atoms with Crippen LogP contribution in [0, 0.1) is 10.1 Å². The first-order chi connectivity index (χ1) is 9.22. The van der Waals surface area contributed by atoms with Gasteiger partial charge in [-0.2, -0.15) is 0 Å². The van der Waals surface area contributed by atoms with Gasteiger partial charge in [-0.3, -0.25) is 10.1 Å². The van der Waals surface area contributed by atoms with Crippen molar-refractivity contribution >= 4 is 27.3 Å². The van der Waals surface area contributed by atoms with Crippen molar-refractivity contribution in [2.75, 3.05) is 18.0 Å². The minimum absolute atomic E-state index is 0.172. The van der Waals surface area contributed by atoms with Crippen LogP contribution >= 0.6 is 15.9 Å². The summed E-state index contributed by atoms with van der Waals surface area (Å²) < 4.78 is 0. The second-order valence-corrected chi connectivity index (χ2v) is 5.52. The molecule has 0 unspecified atom stereocenters. The van der Waals surface area contributed by atoms with Gasteiger partial charge in [0.15, 0.2) is 0 Å². The van der Waals surface area contributed by atoms with Gasteiger partial charge in [-0.05, 0) is 24.5 Å². The predicted molar refractivity (Wildman–Crippen MR) is 81.0 cm³/mol. The van der Waals surface area contributed by atoms with Crippen LogP contribution in [0.2, 0.25) is 0 Å². The van der Waals surface area contributed by atoms with Gasteiger partial charge in [-0.25, -0.2) is 0 Å². The predicted octanol–water partition coefficient (Wildman–Crippen LogP) is 4.26. The zero-order valence-electron chi connectivity index (χ0n) is 11.0. The number of alkyl halides is 1. The molecule has 1 aliphatic heterocycles. The minimum Gasteiger partial charge on any atom is -0.371 e. The Morgan fingerprint density at radius 2 is 1.79 bits per heavy atom. The van der Waals surface area contributed by atoms with Crippen LogP contribution in [0.1, 0.15) is 37.7 Å². The zero-order chi connectivity index (χ0) is 13.7. The molecule has 0 aromatic heterocycles. The summed E-state index contributed by atoms with van der Waals surface area (Å²) in [4.78, 5) is 12.9. The largest absolute Gasteiger partial charge is 0.371 e. The number of nitro benzene ring substituents is 1. The van der Waals surface area contributed by atoms with Crippen molar-refractivity contribution in [1.82, 2.24) is 0 Å². The summed E-state index contributed by atoms with van der Waals surface area (Å²) in [6.45, 7) is 2.11. The standard InChI is InChI=1S/C14H19BrN2O2/c15-11-12-10-13(17(18)19)6-7-14(12)16-8-4-2-1-3-5-9-16/h6-7,10H,1-5,8-9,11H2. The van der Waals surface area contributed by atoms with Crippen molar-refractivity contribution in [3.8, 4) is 0 Å². The molecule has 0 radical (unpaired) electrons. The van der Waals surface area contributed by atoms with Gasteiger partial charge >= 0.3 is 0 Å². The van der Waals surface area contributed by atoms with E-state index in [0.29, 0.717) is 5.33 Å². The normalized spacial score (nSPS) is 16.8. The maximum Gasteiger partial charge on any atom is 0.269 e. The van der Waals surface area contributed by atoms with E-state index in [1.165, 1.54) is 32.1 Å². The quantitative estimate of drug-likeness (QED) is 0.473. The summed E-state index contributed by atoms with van der Waals surface area (Å²) in [5.74, 6) is 0. The highest BCUT2D eigenvalue weighted by Gasteiger charge is 2.15. The molecule has 1 aromatic carbocycles. The summed E-state index contributed by atoms with van der Waals surface area (Å²) in [5.41, 5.74) is 2.32. The Bertz CT molecular complexity index is 443. The van der Waals surface area contributed by atoms with E-state index in [-0.39, 0.29) is 10.6 Å². The summed E-state index contributed by atoms with van der Waals surface area (Å²) in [7, 11) is 0. The third kappa shape index (κ3) is 3.69. The summed E-state index contributed by atoms with van der Waals surface area (Å²) in [6, 6.07) is 5.19. The van der Waals surface area contributed by atoms with E-state index in [1.54, 1.807) is 12.1 Å². The molecule has 1 fully saturated rings. The van der Waals surface area contributed by atoms with Crippen molar-refractivity contribution in [2.24, 2.45) is 0 Å². The van der Waals surface area contributed by atoms with Gasteiger partial charge in [-0.15, -0.1) is 0 Å². The minimum atomic E-state index is -0.330. The van der Waals surface area contributed by atoms with E-state index in [0.717, 1.165) is 24.3 Å². The summed E-state index contributed by atoms with van der Waals surface area (Å²) in [5, 5.41) is 11.5. The van der Waals surface area contributed by atoms with E-state index in [4.69, 9.17) is 0 Å². The van der Waals surface area contributed by atoms with E-state index < -0.39 is 0 Å². The second-order valence-electron chi connectivity index (χ2n) is 4.96. The number of nitro groups is 1. The number of benzene rings is 1. The Morgan fingerprint density at radius 3 is 2.37 bits per heavy atom. The molecule has 4 nitrogen and oxygen atoms in total. The molecule has 2 rings (SSSR count). The molecule has 1 heterocycles. The number of halogens is 1. The van der Waals surface area contributed by atoms with Gasteiger partial charge in [0, 0.05) is 36.2 Å². The molecule has 1 saturated heterocycles. The maximum atomic E-state index is 10.8. The molecule has 0 aliphatic carbocycles. The number of nitrogens with zero attached hydrogens (tertiary/aromatic N) is 2. The van der Waals surface area contributed by atoms with Crippen molar-refractivity contribution in [3.05, 3.63) is 33.9 Å². The molecule has 1 aromatic rings. The van der Waals surface area contributed by atoms with Crippen LogP contribution in [0.15, 0.2) is 18.2 Å². The molecule has 5 heteroatoms. The molecule has 19 heavy (non-hydrogen) atoms. The number of non-ortho nitro benzene ring substituents is 1. The van der Waals surface area contributed by atoms with Crippen molar-refractivity contribution in [1.29, 1.82) is 0 Å². The maximum absolute atomic E-state index is 10.8. The van der Waals surface area contributed by atoms with Crippen LogP contribution in [0.4, 0.5) is 11.4 Å². The molecular weight excluding hydrogens is 308 g/mol. The van der Waals surface area contributed by atoms with Crippen LogP contribution in [0.3, 0.4) is 0 Å². The number of anilines is 1. The van der Waals surface area contributed by atoms with Crippen LogP contribution in [0.25, 0.3) is 0 Å². The van der Waals surface area contributed by atoms with Crippen molar-refractivity contribution in [3.63, 3.8) is 0 Å². The average molecular weight is 327 g/mol. The number of rotatable bonds is 3. The van der Waals surface area contributed by atoms with Gasteiger partial charge in [-0.1, -0.05) is 35.2 Å². The first-order valence-corrected chi connectivity index (χ1v) is 7.93. The van der Waals surface area contributed by atoms with E-state index >= 15 is 0 Å². The lowest BCUT2D eigenvalue weighted by molar-refractivity contribution is -0.384. The van der Waals surface area contributed by atoms with E-state index in [9.17, 15) is 10.1 Å². The summed E-state index contributed by atoms with van der Waals surface area (Å²) in [6.07, 6.45) is 6.32. The van der Waals surface area contributed by atoms with Crippen molar-refractivity contribution < 1.29 is 4.92 Å². The average Bonchev–Trinajstić information content (AvgIpc) is 2.38. The zero-order valence-corrected chi connectivity index (χ0v) is 12.6. The molecule has 104 valence electrons. The highest BCUT2D eigenvalue weighted by atomic mass is 79.9. The molecule has 0 spiro atoms. The first kappa shape index (κ1) is 14.3. The Kier molecular flexibility index (Phi) is 5.19. The molecule has 0 N–H and O–H groups in total.